The van der Waals surface area contributed by atoms with Crippen LogP contribution in [0.3, 0.4) is 0 Å². The molecule has 1 aromatic heterocycles. The third kappa shape index (κ3) is 4.40. The molecule has 1 aliphatic rings. The van der Waals surface area contributed by atoms with E-state index in [2.05, 4.69) is 64.6 Å². The van der Waals surface area contributed by atoms with Crippen molar-refractivity contribution in [1.29, 1.82) is 0 Å². The maximum absolute atomic E-state index is 12.7. The lowest BCUT2D eigenvalue weighted by molar-refractivity contribution is 0.0900. The van der Waals surface area contributed by atoms with Gasteiger partial charge in [-0.05, 0) is 56.5 Å². The number of rotatable bonds is 5. The van der Waals surface area contributed by atoms with E-state index in [1.807, 2.05) is 12.1 Å². The molecule has 2 heterocycles. The number of piperidine rings is 1. The van der Waals surface area contributed by atoms with Crippen LogP contribution in [0.2, 0.25) is 0 Å². The Kier molecular flexibility index (Phi) is 5.26. The summed E-state index contributed by atoms with van der Waals surface area (Å²) in [5.41, 5.74) is 4.24. The Labute approximate surface area is 160 Å². The van der Waals surface area contributed by atoms with Crippen molar-refractivity contribution >= 4 is 16.8 Å². The number of aromatic nitrogens is 1. The number of carbonyl (C=O) groups is 1. The number of fused-ring (bicyclic) bond motifs is 1. The van der Waals surface area contributed by atoms with Crippen molar-refractivity contribution in [3.63, 3.8) is 0 Å². The number of aryl methyl sites for hydroxylation is 1. The summed E-state index contributed by atoms with van der Waals surface area (Å²) in [5, 5.41) is 4.32. The summed E-state index contributed by atoms with van der Waals surface area (Å²) in [6.45, 7) is 5.16. The number of likely N-dealkylation sites (tertiary alicyclic amines) is 1. The summed E-state index contributed by atoms with van der Waals surface area (Å²) >= 11 is 0. The Morgan fingerprint density at radius 3 is 2.89 bits per heavy atom. The number of nitrogens with one attached hydrogen (secondary N) is 2. The van der Waals surface area contributed by atoms with E-state index in [1.54, 1.807) is 0 Å². The van der Waals surface area contributed by atoms with Crippen LogP contribution >= 0.6 is 0 Å². The molecule has 1 amide bonds. The first kappa shape index (κ1) is 17.8. The van der Waals surface area contributed by atoms with Crippen molar-refractivity contribution < 1.29 is 4.79 Å². The van der Waals surface area contributed by atoms with Gasteiger partial charge in [0.15, 0.2) is 0 Å². The van der Waals surface area contributed by atoms with Gasteiger partial charge in [0.1, 0.15) is 5.69 Å². The highest BCUT2D eigenvalue weighted by molar-refractivity contribution is 5.98. The minimum atomic E-state index is -0.00115. The lowest BCUT2D eigenvalue weighted by atomic mass is 10.0. The predicted molar refractivity (Wildman–Crippen MR) is 110 cm³/mol. The van der Waals surface area contributed by atoms with Gasteiger partial charge in [-0.15, -0.1) is 0 Å². The Bertz CT molecular complexity index is 916. The standard InChI is InChI=1S/C23H27N3O/c1-17-9-10-21-19(14-17)15-22(25-21)23(27)24-20-8-5-12-26(16-20)13-11-18-6-3-2-4-7-18/h2-4,6-7,9-10,14-15,20,25H,5,8,11-13,16H2,1H3,(H,24,27). The van der Waals surface area contributed by atoms with Gasteiger partial charge in [0.05, 0.1) is 0 Å². The Hall–Kier alpha value is -2.59. The fourth-order valence-corrected chi connectivity index (χ4v) is 3.95. The first-order valence-electron chi connectivity index (χ1n) is 9.84. The molecule has 0 radical (unpaired) electrons. The van der Waals surface area contributed by atoms with Crippen LogP contribution < -0.4 is 5.32 Å². The van der Waals surface area contributed by atoms with Gasteiger partial charge < -0.3 is 15.2 Å². The molecule has 0 aliphatic carbocycles. The molecule has 2 aromatic carbocycles. The molecule has 4 heteroatoms. The van der Waals surface area contributed by atoms with E-state index in [0.29, 0.717) is 5.69 Å². The SMILES string of the molecule is Cc1ccc2[nH]c(C(=O)NC3CCCN(CCc4ccccc4)C3)cc2c1. The molecular formula is C23H27N3O. The number of benzene rings is 2. The van der Waals surface area contributed by atoms with Crippen LogP contribution in [-0.2, 0) is 6.42 Å². The maximum atomic E-state index is 12.7. The van der Waals surface area contributed by atoms with Crippen molar-refractivity contribution in [2.75, 3.05) is 19.6 Å². The normalized spacial score (nSPS) is 17.9. The van der Waals surface area contributed by atoms with E-state index >= 15 is 0 Å². The number of H-pyrrole nitrogens is 1. The topological polar surface area (TPSA) is 48.1 Å². The number of hydrogen-bond acceptors (Lipinski definition) is 2. The molecule has 1 fully saturated rings. The Balaban J connectivity index is 1.34. The molecule has 4 rings (SSSR count). The zero-order valence-corrected chi connectivity index (χ0v) is 15.9. The molecule has 1 unspecified atom stereocenters. The monoisotopic (exact) mass is 361 g/mol. The molecule has 1 aliphatic heterocycles. The fourth-order valence-electron chi connectivity index (χ4n) is 3.95. The van der Waals surface area contributed by atoms with Crippen LogP contribution in [0, 0.1) is 6.92 Å². The Morgan fingerprint density at radius 1 is 1.19 bits per heavy atom. The molecule has 0 saturated carbocycles. The van der Waals surface area contributed by atoms with Crippen LogP contribution in [0.25, 0.3) is 10.9 Å². The van der Waals surface area contributed by atoms with Crippen LogP contribution in [-0.4, -0.2) is 41.5 Å². The van der Waals surface area contributed by atoms with E-state index < -0.39 is 0 Å². The molecule has 3 aromatic rings. The third-order valence-corrected chi connectivity index (χ3v) is 5.42. The number of hydrogen-bond donors (Lipinski definition) is 2. The average molecular weight is 361 g/mol. The largest absolute Gasteiger partial charge is 0.351 e. The van der Waals surface area contributed by atoms with Crippen LogP contribution in [0.5, 0.6) is 0 Å². The molecule has 2 N–H and O–H groups in total. The number of aromatic amines is 1. The lowest BCUT2D eigenvalue weighted by Gasteiger charge is -2.33. The van der Waals surface area contributed by atoms with Gasteiger partial charge >= 0.3 is 0 Å². The quantitative estimate of drug-likeness (QED) is 0.724. The summed E-state index contributed by atoms with van der Waals surface area (Å²) < 4.78 is 0. The van der Waals surface area contributed by atoms with Gasteiger partial charge in [0.25, 0.3) is 5.91 Å². The summed E-state index contributed by atoms with van der Waals surface area (Å²) in [5.74, 6) is -0.00115. The van der Waals surface area contributed by atoms with Crippen molar-refractivity contribution in [2.45, 2.75) is 32.2 Å². The lowest BCUT2D eigenvalue weighted by Crippen LogP contribution is -2.48. The van der Waals surface area contributed by atoms with Crippen LogP contribution in [0.15, 0.2) is 54.6 Å². The Morgan fingerprint density at radius 2 is 2.04 bits per heavy atom. The van der Waals surface area contributed by atoms with E-state index in [0.717, 1.165) is 49.8 Å². The first-order chi connectivity index (χ1) is 13.2. The van der Waals surface area contributed by atoms with E-state index in [-0.39, 0.29) is 11.9 Å². The van der Waals surface area contributed by atoms with Crippen LogP contribution in [0.1, 0.15) is 34.5 Å². The first-order valence-corrected chi connectivity index (χ1v) is 9.84. The molecule has 0 spiro atoms. The second-order valence-electron chi connectivity index (χ2n) is 7.62. The summed E-state index contributed by atoms with van der Waals surface area (Å²) in [4.78, 5) is 18.4. The molecule has 1 atom stereocenters. The van der Waals surface area contributed by atoms with E-state index in [1.165, 1.54) is 11.1 Å². The smallest absolute Gasteiger partial charge is 0.267 e. The maximum Gasteiger partial charge on any atom is 0.267 e. The fraction of sp³-hybridized carbons (Fsp3) is 0.348. The zero-order valence-electron chi connectivity index (χ0n) is 15.9. The van der Waals surface area contributed by atoms with Gasteiger partial charge in [0, 0.05) is 30.0 Å². The highest BCUT2D eigenvalue weighted by Gasteiger charge is 2.22. The van der Waals surface area contributed by atoms with E-state index in [9.17, 15) is 4.79 Å². The van der Waals surface area contributed by atoms with Gasteiger partial charge in [-0.1, -0.05) is 42.0 Å². The molecular weight excluding hydrogens is 334 g/mol. The zero-order chi connectivity index (χ0) is 18.6. The number of amides is 1. The van der Waals surface area contributed by atoms with Gasteiger partial charge in [-0.3, -0.25) is 4.79 Å². The third-order valence-electron chi connectivity index (χ3n) is 5.42. The molecule has 0 bridgehead atoms. The van der Waals surface area contributed by atoms with E-state index in [4.69, 9.17) is 0 Å². The van der Waals surface area contributed by atoms with Crippen molar-refractivity contribution in [2.24, 2.45) is 0 Å². The second kappa shape index (κ2) is 7.97. The summed E-state index contributed by atoms with van der Waals surface area (Å²) in [6, 6.07) is 19.0. The number of carbonyl (C=O) groups excluding carboxylic acids is 1. The molecule has 27 heavy (non-hydrogen) atoms. The van der Waals surface area contributed by atoms with Crippen molar-refractivity contribution in [1.82, 2.24) is 15.2 Å². The average Bonchev–Trinajstić information content (AvgIpc) is 3.11. The summed E-state index contributed by atoms with van der Waals surface area (Å²) in [6.07, 6.45) is 3.24. The molecule has 4 nitrogen and oxygen atoms in total. The van der Waals surface area contributed by atoms with Crippen molar-refractivity contribution in [3.05, 3.63) is 71.4 Å². The highest BCUT2D eigenvalue weighted by Crippen LogP contribution is 2.18. The minimum absolute atomic E-state index is 0.00115. The predicted octanol–water partition coefficient (Wildman–Crippen LogP) is 3.91. The summed E-state index contributed by atoms with van der Waals surface area (Å²) in [7, 11) is 0. The minimum Gasteiger partial charge on any atom is -0.351 e. The van der Waals surface area contributed by atoms with Gasteiger partial charge in [0.2, 0.25) is 0 Å². The highest BCUT2D eigenvalue weighted by atomic mass is 16.1. The number of nitrogens with zero attached hydrogens (tertiary/aromatic N) is 1. The van der Waals surface area contributed by atoms with Gasteiger partial charge in [-0.25, -0.2) is 0 Å². The molecule has 1 saturated heterocycles. The second-order valence-corrected chi connectivity index (χ2v) is 7.62. The van der Waals surface area contributed by atoms with Crippen molar-refractivity contribution in [3.8, 4) is 0 Å². The van der Waals surface area contributed by atoms with Crippen LogP contribution in [0.4, 0.5) is 0 Å². The molecule has 140 valence electrons. The van der Waals surface area contributed by atoms with Gasteiger partial charge in [-0.2, -0.15) is 0 Å².